The van der Waals surface area contributed by atoms with Gasteiger partial charge in [0.25, 0.3) is 0 Å². The summed E-state index contributed by atoms with van der Waals surface area (Å²) < 4.78 is 10.8. The number of H-pyrrole nitrogens is 1. The third kappa shape index (κ3) is 4.20. The number of aryl methyl sites for hydroxylation is 1. The second-order valence-corrected chi connectivity index (χ2v) is 6.44. The number of aromatic nitrogens is 3. The monoisotopic (exact) mass is 355 g/mol. The molecule has 0 amide bonds. The van der Waals surface area contributed by atoms with Gasteiger partial charge in [-0.15, -0.1) is 0 Å². The van der Waals surface area contributed by atoms with Crippen molar-refractivity contribution < 1.29 is 14.6 Å². The molecule has 0 fully saturated rings. The zero-order chi connectivity index (χ0) is 18.5. The van der Waals surface area contributed by atoms with Crippen LogP contribution >= 0.6 is 0 Å². The average Bonchev–Trinajstić information content (AvgIpc) is 3.05. The van der Waals surface area contributed by atoms with Gasteiger partial charge in [0.2, 0.25) is 0 Å². The van der Waals surface area contributed by atoms with Crippen molar-refractivity contribution in [3.8, 4) is 5.75 Å². The lowest BCUT2D eigenvalue weighted by Gasteiger charge is -2.13. The van der Waals surface area contributed by atoms with Crippen molar-refractivity contribution in [1.82, 2.24) is 15.0 Å². The predicted octanol–water partition coefficient (Wildman–Crippen LogP) is 3.27. The SMILES string of the molecule is COCCCOc1ccnc(CC(O)c2nc3ccc(C)cc3[nH]2)c1C. The molecule has 6 heteroatoms. The minimum atomic E-state index is -0.752. The fourth-order valence-corrected chi connectivity index (χ4v) is 2.89. The summed E-state index contributed by atoms with van der Waals surface area (Å²) in [5, 5.41) is 10.6. The lowest BCUT2D eigenvalue weighted by Crippen LogP contribution is -2.08. The summed E-state index contributed by atoms with van der Waals surface area (Å²) in [7, 11) is 1.68. The summed E-state index contributed by atoms with van der Waals surface area (Å²) in [5.74, 6) is 1.34. The van der Waals surface area contributed by atoms with Gasteiger partial charge in [-0.2, -0.15) is 0 Å². The summed E-state index contributed by atoms with van der Waals surface area (Å²) in [6.07, 6.45) is 2.16. The first-order chi connectivity index (χ1) is 12.6. The van der Waals surface area contributed by atoms with Crippen LogP contribution < -0.4 is 4.74 Å². The first-order valence-electron chi connectivity index (χ1n) is 8.79. The summed E-state index contributed by atoms with van der Waals surface area (Å²) in [6, 6.07) is 7.84. The third-order valence-corrected chi connectivity index (χ3v) is 4.37. The smallest absolute Gasteiger partial charge is 0.136 e. The molecule has 138 valence electrons. The molecule has 3 aromatic rings. The molecule has 1 atom stereocenters. The summed E-state index contributed by atoms with van der Waals surface area (Å²) >= 11 is 0. The minimum Gasteiger partial charge on any atom is -0.493 e. The molecule has 0 aliphatic carbocycles. The van der Waals surface area contributed by atoms with Gasteiger partial charge >= 0.3 is 0 Å². The van der Waals surface area contributed by atoms with E-state index in [2.05, 4.69) is 15.0 Å². The molecular weight excluding hydrogens is 330 g/mol. The molecule has 2 N–H and O–H groups in total. The first kappa shape index (κ1) is 18.4. The molecule has 3 rings (SSSR count). The molecule has 0 spiro atoms. The van der Waals surface area contributed by atoms with E-state index in [9.17, 15) is 5.11 Å². The van der Waals surface area contributed by atoms with E-state index in [1.165, 1.54) is 0 Å². The van der Waals surface area contributed by atoms with E-state index in [-0.39, 0.29) is 0 Å². The van der Waals surface area contributed by atoms with Crippen LogP contribution in [0.3, 0.4) is 0 Å². The number of imidazole rings is 1. The highest BCUT2D eigenvalue weighted by Crippen LogP contribution is 2.25. The maximum Gasteiger partial charge on any atom is 0.136 e. The zero-order valence-corrected chi connectivity index (χ0v) is 15.5. The highest BCUT2D eigenvalue weighted by atomic mass is 16.5. The van der Waals surface area contributed by atoms with E-state index >= 15 is 0 Å². The summed E-state index contributed by atoms with van der Waals surface area (Å²) in [6.45, 7) is 5.25. The Morgan fingerprint density at radius 1 is 1.19 bits per heavy atom. The summed E-state index contributed by atoms with van der Waals surface area (Å²) in [5.41, 5.74) is 4.68. The molecule has 26 heavy (non-hydrogen) atoms. The topological polar surface area (TPSA) is 80.3 Å². The second-order valence-electron chi connectivity index (χ2n) is 6.44. The number of nitrogens with zero attached hydrogens (tertiary/aromatic N) is 2. The molecule has 0 bridgehead atoms. The van der Waals surface area contributed by atoms with Gasteiger partial charge in [-0.1, -0.05) is 6.07 Å². The van der Waals surface area contributed by atoms with E-state index in [0.29, 0.717) is 25.5 Å². The molecule has 0 aliphatic heterocycles. The molecule has 0 saturated heterocycles. The van der Waals surface area contributed by atoms with E-state index in [0.717, 1.165) is 40.0 Å². The van der Waals surface area contributed by atoms with Gasteiger partial charge in [0.1, 0.15) is 17.7 Å². The number of methoxy groups -OCH3 is 1. The number of fused-ring (bicyclic) bond motifs is 1. The van der Waals surface area contributed by atoms with Gasteiger partial charge in [0.15, 0.2) is 0 Å². The van der Waals surface area contributed by atoms with Crippen LogP contribution in [0.15, 0.2) is 30.5 Å². The fourth-order valence-electron chi connectivity index (χ4n) is 2.89. The van der Waals surface area contributed by atoms with Crippen LogP contribution in [0.4, 0.5) is 0 Å². The van der Waals surface area contributed by atoms with E-state index in [1.807, 2.05) is 38.1 Å². The van der Waals surface area contributed by atoms with Gasteiger partial charge in [-0.25, -0.2) is 4.98 Å². The van der Waals surface area contributed by atoms with Crippen LogP contribution in [0, 0.1) is 13.8 Å². The standard InChI is InChI=1S/C20H25N3O3/c1-13-5-6-15-17(11-13)23-20(22-15)18(24)12-16-14(2)19(7-8-21-16)26-10-4-9-25-3/h5-8,11,18,24H,4,9-10,12H2,1-3H3,(H,22,23). The zero-order valence-electron chi connectivity index (χ0n) is 15.5. The average molecular weight is 355 g/mol. The Bertz CT molecular complexity index is 876. The van der Waals surface area contributed by atoms with Crippen LogP contribution in [-0.4, -0.2) is 40.4 Å². The van der Waals surface area contributed by atoms with Gasteiger partial charge in [-0.3, -0.25) is 4.98 Å². The van der Waals surface area contributed by atoms with Gasteiger partial charge < -0.3 is 19.6 Å². The van der Waals surface area contributed by atoms with Crippen LogP contribution in [0.5, 0.6) is 5.75 Å². The van der Waals surface area contributed by atoms with E-state index < -0.39 is 6.10 Å². The molecule has 0 radical (unpaired) electrons. The van der Waals surface area contributed by atoms with Crippen molar-refractivity contribution >= 4 is 11.0 Å². The molecule has 2 aromatic heterocycles. The number of ether oxygens (including phenoxy) is 2. The number of benzene rings is 1. The number of aromatic amines is 1. The normalized spacial score (nSPS) is 12.5. The van der Waals surface area contributed by atoms with Crippen molar-refractivity contribution in [3.63, 3.8) is 0 Å². The highest BCUT2D eigenvalue weighted by Gasteiger charge is 2.17. The maximum absolute atomic E-state index is 10.6. The minimum absolute atomic E-state index is 0.375. The lowest BCUT2D eigenvalue weighted by atomic mass is 10.1. The summed E-state index contributed by atoms with van der Waals surface area (Å²) in [4.78, 5) is 12.1. The van der Waals surface area contributed by atoms with E-state index in [1.54, 1.807) is 13.3 Å². The number of pyridine rings is 1. The highest BCUT2D eigenvalue weighted by molar-refractivity contribution is 5.75. The van der Waals surface area contributed by atoms with Crippen molar-refractivity contribution in [1.29, 1.82) is 0 Å². The largest absolute Gasteiger partial charge is 0.493 e. The maximum atomic E-state index is 10.6. The van der Waals surface area contributed by atoms with Crippen molar-refractivity contribution in [2.45, 2.75) is 32.8 Å². The Kier molecular flexibility index (Phi) is 5.85. The number of rotatable bonds is 8. The molecule has 0 aliphatic rings. The third-order valence-electron chi connectivity index (χ3n) is 4.37. The molecular formula is C20H25N3O3. The Hall–Kier alpha value is -2.44. The van der Waals surface area contributed by atoms with Crippen LogP contribution in [0.25, 0.3) is 11.0 Å². The Labute approximate surface area is 153 Å². The van der Waals surface area contributed by atoms with Gasteiger partial charge in [0, 0.05) is 44.0 Å². The first-order valence-corrected chi connectivity index (χ1v) is 8.79. The number of aliphatic hydroxyl groups excluding tert-OH is 1. The van der Waals surface area contributed by atoms with E-state index in [4.69, 9.17) is 9.47 Å². The molecule has 2 heterocycles. The number of nitrogens with one attached hydrogen (secondary N) is 1. The molecule has 6 nitrogen and oxygen atoms in total. The van der Waals surface area contributed by atoms with Crippen LogP contribution in [0.1, 0.15) is 35.2 Å². The molecule has 1 unspecified atom stereocenters. The Balaban J connectivity index is 1.72. The Morgan fingerprint density at radius 3 is 2.85 bits per heavy atom. The second kappa shape index (κ2) is 8.29. The number of aliphatic hydroxyl groups is 1. The van der Waals surface area contributed by atoms with Crippen LogP contribution in [0.2, 0.25) is 0 Å². The van der Waals surface area contributed by atoms with Gasteiger partial charge in [0.05, 0.1) is 17.6 Å². The lowest BCUT2D eigenvalue weighted by molar-refractivity contribution is 0.167. The molecule has 0 saturated carbocycles. The number of hydrogen-bond donors (Lipinski definition) is 2. The van der Waals surface area contributed by atoms with Crippen molar-refractivity contribution in [2.75, 3.05) is 20.3 Å². The molecule has 1 aromatic carbocycles. The van der Waals surface area contributed by atoms with Crippen LogP contribution in [-0.2, 0) is 11.2 Å². The Morgan fingerprint density at radius 2 is 2.04 bits per heavy atom. The van der Waals surface area contributed by atoms with Crippen molar-refractivity contribution in [3.05, 3.63) is 53.1 Å². The van der Waals surface area contributed by atoms with Crippen molar-refractivity contribution in [2.24, 2.45) is 0 Å². The fraction of sp³-hybridized carbons (Fsp3) is 0.400. The number of hydrogen-bond acceptors (Lipinski definition) is 5. The predicted molar refractivity (Wildman–Crippen MR) is 100 cm³/mol. The quantitative estimate of drug-likeness (QED) is 0.606. The van der Waals surface area contributed by atoms with Gasteiger partial charge in [-0.05, 0) is 37.6 Å².